The standard InChI is InChI=1S/C21H29NO3/c1-4-21-10-9-14-15(18(21)6-8-20(21)24)5-7-19(23)17(14)11-16-12(2)22-25-13(16)3/h14-15,17-18H,4-11H2,1-3H3/t14-,15-,17?,18+,21+/m1/s1. The van der Waals surface area contributed by atoms with Crippen LogP contribution >= 0.6 is 0 Å². The largest absolute Gasteiger partial charge is 0.361 e. The predicted molar refractivity (Wildman–Crippen MR) is 94.1 cm³/mol. The second kappa shape index (κ2) is 6.07. The first-order valence-electron chi connectivity index (χ1n) is 9.95. The average molecular weight is 343 g/mol. The monoisotopic (exact) mass is 343 g/mol. The number of hydrogen-bond donors (Lipinski definition) is 0. The summed E-state index contributed by atoms with van der Waals surface area (Å²) in [5, 5.41) is 4.07. The smallest absolute Gasteiger partial charge is 0.139 e. The Morgan fingerprint density at radius 1 is 1.12 bits per heavy atom. The van der Waals surface area contributed by atoms with Crippen molar-refractivity contribution in [1.29, 1.82) is 0 Å². The lowest BCUT2D eigenvalue weighted by Crippen LogP contribution is -2.49. The Morgan fingerprint density at radius 2 is 1.92 bits per heavy atom. The highest BCUT2D eigenvalue weighted by atomic mass is 16.5. The molecule has 3 aliphatic rings. The predicted octanol–water partition coefficient (Wildman–Crippen LogP) is 4.21. The van der Waals surface area contributed by atoms with Gasteiger partial charge in [-0.1, -0.05) is 12.1 Å². The molecule has 4 rings (SSSR count). The molecule has 1 aromatic heterocycles. The maximum Gasteiger partial charge on any atom is 0.139 e. The van der Waals surface area contributed by atoms with Crippen LogP contribution in [0, 0.1) is 42.9 Å². The first-order chi connectivity index (χ1) is 12.0. The van der Waals surface area contributed by atoms with Gasteiger partial charge in [-0.2, -0.15) is 0 Å². The van der Waals surface area contributed by atoms with Crippen LogP contribution < -0.4 is 0 Å². The maximum atomic E-state index is 12.8. The molecule has 3 fully saturated rings. The number of fused-ring (bicyclic) bond motifs is 3. The lowest BCUT2D eigenvalue weighted by Gasteiger charge is -2.51. The average Bonchev–Trinajstić information content (AvgIpc) is 3.11. The second-order valence-corrected chi connectivity index (χ2v) is 8.56. The maximum absolute atomic E-state index is 12.8. The molecule has 5 atom stereocenters. The van der Waals surface area contributed by atoms with Gasteiger partial charge < -0.3 is 4.52 Å². The third-order valence-electron chi connectivity index (χ3n) is 7.83. The summed E-state index contributed by atoms with van der Waals surface area (Å²) >= 11 is 0. The van der Waals surface area contributed by atoms with E-state index in [1.54, 1.807) is 0 Å². The Bertz CT molecular complexity index is 686. The number of ketones is 2. The summed E-state index contributed by atoms with van der Waals surface area (Å²) in [5.41, 5.74) is 1.96. The van der Waals surface area contributed by atoms with Gasteiger partial charge in [-0.3, -0.25) is 9.59 Å². The van der Waals surface area contributed by atoms with Gasteiger partial charge in [0.05, 0.1) is 5.69 Å². The SMILES string of the molecule is CC[C@]12CC[C@H]3C(Cc4c(C)noc4C)C(=O)CC[C@H]3[C@@H]1CCC2=O. The van der Waals surface area contributed by atoms with E-state index in [1.165, 1.54) is 0 Å². The lowest BCUT2D eigenvalue weighted by molar-refractivity contribution is -0.139. The van der Waals surface area contributed by atoms with Crippen molar-refractivity contribution in [2.24, 2.45) is 29.1 Å². The summed E-state index contributed by atoms with van der Waals surface area (Å²) < 4.78 is 5.32. The molecule has 4 heteroatoms. The Balaban J connectivity index is 1.63. The van der Waals surface area contributed by atoms with Gasteiger partial charge in [0.1, 0.15) is 17.3 Å². The van der Waals surface area contributed by atoms with Gasteiger partial charge in [0.2, 0.25) is 0 Å². The molecule has 0 bridgehead atoms. The van der Waals surface area contributed by atoms with Crippen molar-refractivity contribution in [2.75, 3.05) is 0 Å². The van der Waals surface area contributed by atoms with Crippen LogP contribution in [0.3, 0.4) is 0 Å². The van der Waals surface area contributed by atoms with Crippen LogP contribution in [0.4, 0.5) is 0 Å². The van der Waals surface area contributed by atoms with Crippen molar-refractivity contribution >= 4 is 11.6 Å². The number of hydrogen-bond acceptors (Lipinski definition) is 4. The fourth-order valence-electron chi connectivity index (χ4n) is 6.47. The van der Waals surface area contributed by atoms with E-state index >= 15 is 0 Å². The summed E-state index contributed by atoms with van der Waals surface area (Å²) in [7, 11) is 0. The van der Waals surface area contributed by atoms with Crippen LogP contribution in [0.5, 0.6) is 0 Å². The van der Waals surface area contributed by atoms with Crippen molar-refractivity contribution < 1.29 is 14.1 Å². The van der Waals surface area contributed by atoms with E-state index in [2.05, 4.69) is 12.1 Å². The number of carbonyl (C=O) groups is 2. The van der Waals surface area contributed by atoms with Gasteiger partial charge in [-0.15, -0.1) is 0 Å². The minimum Gasteiger partial charge on any atom is -0.361 e. The van der Waals surface area contributed by atoms with Crippen LogP contribution in [0.2, 0.25) is 0 Å². The third kappa shape index (κ3) is 2.43. The molecule has 1 aromatic rings. The molecular formula is C21H29NO3. The molecule has 1 unspecified atom stereocenters. The molecule has 25 heavy (non-hydrogen) atoms. The molecule has 0 amide bonds. The number of aryl methyl sites for hydroxylation is 2. The highest BCUT2D eigenvalue weighted by Crippen LogP contribution is 2.60. The summed E-state index contributed by atoms with van der Waals surface area (Å²) in [4.78, 5) is 25.4. The molecule has 1 heterocycles. The summed E-state index contributed by atoms with van der Waals surface area (Å²) in [6.45, 7) is 6.10. The highest BCUT2D eigenvalue weighted by molar-refractivity contribution is 5.88. The van der Waals surface area contributed by atoms with E-state index in [0.29, 0.717) is 35.7 Å². The van der Waals surface area contributed by atoms with E-state index in [-0.39, 0.29) is 11.3 Å². The van der Waals surface area contributed by atoms with E-state index in [4.69, 9.17) is 4.52 Å². The summed E-state index contributed by atoms with van der Waals surface area (Å²) in [6, 6.07) is 0. The van der Waals surface area contributed by atoms with Crippen LogP contribution in [-0.2, 0) is 16.0 Å². The Labute approximate surface area is 149 Å². The molecule has 136 valence electrons. The summed E-state index contributed by atoms with van der Waals surface area (Å²) in [5.74, 6) is 3.33. The zero-order valence-electron chi connectivity index (χ0n) is 15.6. The number of Topliss-reactive ketones (excluding diaryl/α,β-unsaturated/α-hetero) is 2. The van der Waals surface area contributed by atoms with E-state index < -0.39 is 0 Å². The molecule has 0 saturated heterocycles. The van der Waals surface area contributed by atoms with Crippen molar-refractivity contribution in [3.05, 3.63) is 17.0 Å². The lowest BCUT2D eigenvalue weighted by atomic mass is 9.52. The van der Waals surface area contributed by atoms with Crippen molar-refractivity contribution in [3.63, 3.8) is 0 Å². The van der Waals surface area contributed by atoms with Gasteiger partial charge in [-0.25, -0.2) is 0 Å². The number of rotatable bonds is 3. The molecule has 0 aromatic carbocycles. The zero-order chi connectivity index (χ0) is 17.8. The fraction of sp³-hybridized carbons (Fsp3) is 0.762. The third-order valence-corrected chi connectivity index (χ3v) is 7.83. The normalized spacial score (nSPS) is 37.9. The molecule has 4 nitrogen and oxygen atoms in total. The molecule has 0 N–H and O–H groups in total. The molecular weight excluding hydrogens is 314 g/mol. The molecule has 3 saturated carbocycles. The van der Waals surface area contributed by atoms with Crippen molar-refractivity contribution in [1.82, 2.24) is 5.16 Å². The fourth-order valence-corrected chi connectivity index (χ4v) is 6.47. The topological polar surface area (TPSA) is 60.2 Å². The molecule has 0 aliphatic heterocycles. The Kier molecular flexibility index (Phi) is 4.12. The molecule has 0 spiro atoms. The molecule has 3 aliphatic carbocycles. The minimum atomic E-state index is -0.0743. The quantitative estimate of drug-likeness (QED) is 0.824. The van der Waals surface area contributed by atoms with Crippen molar-refractivity contribution in [3.8, 4) is 0 Å². The number of aromatic nitrogens is 1. The van der Waals surface area contributed by atoms with Crippen LogP contribution in [0.1, 0.15) is 68.9 Å². The van der Waals surface area contributed by atoms with Gasteiger partial charge in [0, 0.05) is 29.7 Å². The minimum absolute atomic E-state index is 0.0743. The van der Waals surface area contributed by atoms with Crippen LogP contribution in [0.15, 0.2) is 4.52 Å². The van der Waals surface area contributed by atoms with Gasteiger partial charge in [-0.05, 0) is 70.1 Å². The Hall–Kier alpha value is -1.45. The number of nitrogens with zero attached hydrogens (tertiary/aromatic N) is 1. The number of carbonyl (C=O) groups excluding carboxylic acids is 2. The van der Waals surface area contributed by atoms with Gasteiger partial charge in [0.15, 0.2) is 0 Å². The van der Waals surface area contributed by atoms with E-state index in [9.17, 15) is 9.59 Å². The summed E-state index contributed by atoms with van der Waals surface area (Å²) in [6.07, 6.45) is 7.22. The van der Waals surface area contributed by atoms with Gasteiger partial charge in [0.25, 0.3) is 0 Å². The zero-order valence-corrected chi connectivity index (χ0v) is 15.6. The first-order valence-corrected chi connectivity index (χ1v) is 9.95. The molecule has 0 radical (unpaired) electrons. The Morgan fingerprint density at radius 3 is 2.60 bits per heavy atom. The van der Waals surface area contributed by atoms with Crippen LogP contribution in [0.25, 0.3) is 0 Å². The van der Waals surface area contributed by atoms with E-state index in [1.807, 2.05) is 13.8 Å². The first kappa shape index (κ1) is 17.0. The highest BCUT2D eigenvalue weighted by Gasteiger charge is 2.57. The van der Waals surface area contributed by atoms with Gasteiger partial charge >= 0.3 is 0 Å². The van der Waals surface area contributed by atoms with Crippen molar-refractivity contribution in [2.45, 2.75) is 72.1 Å². The van der Waals surface area contributed by atoms with E-state index in [0.717, 1.165) is 62.0 Å². The second-order valence-electron chi connectivity index (χ2n) is 8.56. The van der Waals surface area contributed by atoms with Crippen LogP contribution in [-0.4, -0.2) is 16.7 Å².